The molecule has 0 spiro atoms. The monoisotopic (exact) mass is 410 g/mol. The van der Waals surface area contributed by atoms with Gasteiger partial charge in [-0.3, -0.25) is 4.79 Å². The molecule has 1 aliphatic carbocycles. The molecule has 1 saturated carbocycles. The summed E-state index contributed by atoms with van der Waals surface area (Å²) in [5.41, 5.74) is 1.70. The Bertz CT molecular complexity index is 1010. The number of ketones is 1. The minimum absolute atomic E-state index is 0.0770. The van der Waals surface area contributed by atoms with Gasteiger partial charge in [0.05, 0.1) is 16.6 Å². The van der Waals surface area contributed by atoms with Crippen molar-refractivity contribution in [3.05, 3.63) is 64.9 Å². The number of halogens is 1. The number of aromatic nitrogens is 2. The smallest absolute Gasteiger partial charge is 0.136 e. The molecule has 5 heteroatoms. The zero-order chi connectivity index (χ0) is 20.4. The second-order valence-electron chi connectivity index (χ2n) is 8.32. The van der Waals surface area contributed by atoms with Crippen LogP contribution in [0.3, 0.4) is 0 Å². The molecule has 1 fully saturated rings. The fourth-order valence-electron chi connectivity index (χ4n) is 4.16. The standard InChI is InChI=1S/C24H27ClN2O2/c1-24(29,17-7-3-2-4-8-17)16-20(28)11-6-12-23-26-21-14-13-18(25)15-22(21)27(23)19-9-5-10-19/h2-4,7-8,13-15,19,29H,5-6,9-12,16H2,1H3/t24-/m1/s1. The molecule has 1 heterocycles. The first-order chi connectivity index (χ1) is 13.9. The van der Waals surface area contributed by atoms with Crippen molar-refractivity contribution in [2.45, 2.75) is 63.5 Å². The summed E-state index contributed by atoms with van der Waals surface area (Å²) >= 11 is 6.21. The average molecular weight is 411 g/mol. The summed E-state index contributed by atoms with van der Waals surface area (Å²) in [7, 11) is 0. The number of carbonyl (C=O) groups is 1. The van der Waals surface area contributed by atoms with Crippen LogP contribution in [-0.2, 0) is 16.8 Å². The quantitative estimate of drug-likeness (QED) is 0.525. The number of carbonyl (C=O) groups excluding carboxylic acids is 1. The Morgan fingerprint density at radius 3 is 2.69 bits per heavy atom. The molecule has 0 radical (unpaired) electrons. The number of hydrogen-bond donors (Lipinski definition) is 1. The summed E-state index contributed by atoms with van der Waals surface area (Å²) in [6.45, 7) is 1.71. The second-order valence-corrected chi connectivity index (χ2v) is 8.76. The Kier molecular flexibility index (Phi) is 5.75. The summed E-state index contributed by atoms with van der Waals surface area (Å²) in [5, 5.41) is 11.4. The molecule has 29 heavy (non-hydrogen) atoms. The number of nitrogens with zero attached hydrogens (tertiary/aromatic N) is 2. The van der Waals surface area contributed by atoms with Crippen LogP contribution in [0.5, 0.6) is 0 Å². The number of hydrogen-bond acceptors (Lipinski definition) is 3. The molecule has 4 nitrogen and oxygen atoms in total. The lowest BCUT2D eigenvalue weighted by molar-refractivity contribution is -0.123. The SMILES string of the molecule is C[C@@](O)(CC(=O)CCCc1nc2ccc(Cl)cc2n1C1CCC1)c1ccccc1. The van der Waals surface area contributed by atoms with Crippen LogP contribution in [0.4, 0.5) is 0 Å². The van der Waals surface area contributed by atoms with Crippen LogP contribution >= 0.6 is 11.6 Å². The number of aliphatic hydroxyl groups is 1. The van der Waals surface area contributed by atoms with Gasteiger partial charge in [-0.1, -0.05) is 41.9 Å². The maximum Gasteiger partial charge on any atom is 0.136 e. The van der Waals surface area contributed by atoms with Crippen molar-refractivity contribution in [3.8, 4) is 0 Å². The molecular formula is C24H27ClN2O2. The average Bonchev–Trinajstić information content (AvgIpc) is 2.98. The fourth-order valence-corrected chi connectivity index (χ4v) is 4.33. The van der Waals surface area contributed by atoms with Crippen molar-refractivity contribution in [1.82, 2.24) is 9.55 Å². The largest absolute Gasteiger partial charge is 0.385 e. The first-order valence-corrected chi connectivity index (χ1v) is 10.8. The number of rotatable bonds is 8. The number of Topliss-reactive ketones (excluding diaryl/α,β-unsaturated/α-hetero) is 1. The Morgan fingerprint density at radius 1 is 1.24 bits per heavy atom. The molecule has 1 N–H and O–H groups in total. The highest BCUT2D eigenvalue weighted by molar-refractivity contribution is 6.31. The number of benzene rings is 2. The van der Waals surface area contributed by atoms with Crippen LogP contribution in [0.25, 0.3) is 11.0 Å². The van der Waals surface area contributed by atoms with E-state index in [4.69, 9.17) is 16.6 Å². The highest BCUT2D eigenvalue weighted by Crippen LogP contribution is 2.36. The fraction of sp³-hybridized carbons (Fsp3) is 0.417. The Balaban J connectivity index is 1.42. The lowest BCUT2D eigenvalue weighted by Gasteiger charge is -2.29. The van der Waals surface area contributed by atoms with Crippen LogP contribution in [0.1, 0.15) is 62.9 Å². The minimum atomic E-state index is -1.13. The Labute approximate surface area is 176 Å². The second kappa shape index (κ2) is 8.29. The molecule has 2 aromatic carbocycles. The van der Waals surface area contributed by atoms with Crippen molar-refractivity contribution < 1.29 is 9.90 Å². The summed E-state index contributed by atoms with van der Waals surface area (Å²) in [6.07, 6.45) is 5.64. The van der Waals surface area contributed by atoms with Gasteiger partial charge in [-0.05, 0) is 56.4 Å². The van der Waals surface area contributed by atoms with Crippen molar-refractivity contribution in [1.29, 1.82) is 0 Å². The van der Waals surface area contributed by atoms with Gasteiger partial charge in [0.1, 0.15) is 11.6 Å². The van der Waals surface area contributed by atoms with Gasteiger partial charge < -0.3 is 9.67 Å². The van der Waals surface area contributed by atoms with Crippen LogP contribution in [-0.4, -0.2) is 20.4 Å². The highest BCUT2D eigenvalue weighted by atomic mass is 35.5. The topological polar surface area (TPSA) is 55.1 Å². The van der Waals surface area contributed by atoms with E-state index in [2.05, 4.69) is 4.57 Å². The van der Waals surface area contributed by atoms with E-state index in [0.29, 0.717) is 12.5 Å². The van der Waals surface area contributed by atoms with E-state index in [1.807, 2.05) is 48.5 Å². The van der Waals surface area contributed by atoms with Gasteiger partial charge in [0.25, 0.3) is 0 Å². The third-order valence-corrected chi connectivity index (χ3v) is 6.19. The summed E-state index contributed by atoms with van der Waals surface area (Å²) in [6, 6.07) is 15.7. The lowest BCUT2D eigenvalue weighted by Crippen LogP contribution is -2.25. The molecule has 0 saturated heterocycles. The van der Waals surface area contributed by atoms with Crippen molar-refractivity contribution in [2.75, 3.05) is 0 Å². The molecular weight excluding hydrogens is 384 g/mol. The van der Waals surface area contributed by atoms with E-state index in [0.717, 1.165) is 40.3 Å². The van der Waals surface area contributed by atoms with Crippen LogP contribution in [0.2, 0.25) is 5.02 Å². The normalized spacial score (nSPS) is 16.5. The molecule has 4 rings (SSSR count). The van der Waals surface area contributed by atoms with Crippen LogP contribution in [0.15, 0.2) is 48.5 Å². The Hall–Kier alpha value is -2.17. The molecule has 1 atom stereocenters. The molecule has 1 aromatic heterocycles. The van der Waals surface area contributed by atoms with E-state index in [1.54, 1.807) is 6.92 Å². The third-order valence-electron chi connectivity index (χ3n) is 5.96. The van der Waals surface area contributed by atoms with E-state index in [9.17, 15) is 9.90 Å². The molecule has 1 aliphatic rings. The first kappa shape index (κ1) is 20.1. The zero-order valence-electron chi connectivity index (χ0n) is 16.8. The summed E-state index contributed by atoms with van der Waals surface area (Å²) in [4.78, 5) is 17.3. The van der Waals surface area contributed by atoms with Gasteiger partial charge in [0.15, 0.2) is 0 Å². The lowest BCUT2D eigenvalue weighted by atomic mass is 9.89. The third kappa shape index (κ3) is 4.39. The van der Waals surface area contributed by atoms with Crippen molar-refractivity contribution in [3.63, 3.8) is 0 Å². The van der Waals surface area contributed by atoms with Gasteiger partial charge in [-0.2, -0.15) is 0 Å². The van der Waals surface area contributed by atoms with Gasteiger partial charge in [0.2, 0.25) is 0 Å². The molecule has 0 aliphatic heterocycles. The zero-order valence-corrected chi connectivity index (χ0v) is 17.5. The van der Waals surface area contributed by atoms with E-state index in [-0.39, 0.29) is 12.2 Å². The maximum absolute atomic E-state index is 12.5. The van der Waals surface area contributed by atoms with Crippen LogP contribution in [0, 0.1) is 0 Å². The predicted octanol–water partition coefficient (Wildman–Crippen LogP) is 5.60. The minimum Gasteiger partial charge on any atom is -0.385 e. The van der Waals surface area contributed by atoms with Crippen molar-refractivity contribution in [2.24, 2.45) is 0 Å². The molecule has 3 aromatic rings. The maximum atomic E-state index is 12.5. The van der Waals surface area contributed by atoms with E-state index >= 15 is 0 Å². The highest BCUT2D eigenvalue weighted by Gasteiger charge is 2.27. The molecule has 0 amide bonds. The van der Waals surface area contributed by atoms with E-state index < -0.39 is 5.60 Å². The van der Waals surface area contributed by atoms with Gasteiger partial charge in [0, 0.05) is 30.3 Å². The van der Waals surface area contributed by atoms with Crippen molar-refractivity contribution >= 4 is 28.4 Å². The van der Waals surface area contributed by atoms with Gasteiger partial charge in [-0.25, -0.2) is 4.98 Å². The first-order valence-electron chi connectivity index (χ1n) is 10.4. The summed E-state index contributed by atoms with van der Waals surface area (Å²) < 4.78 is 2.33. The van der Waals surface area contributed by atoms with Gasteiger partial charge in [-0.15, -0.1) is 0 Å². The number of imidazole rings is 1. The number of aryl methyl sites for hydroxylation is 1. The predicted molar refractivity (Wildman–Crippen MR) is 116 cm³/mol. The Morgan fingerprint density at radius 2 is 2.00 bits per heavy atom. The molecule has 0 unspecified atom stereocenters. The summed E-state index contributed by atoms with van der Waals surface area (Å²) in [5.74, 6) is 1.11. The molecule has 152 valence electrons. The number of fused-ring (bicyclic) bond motifs is 1. The molecule has 0 bridgehead atoms. The van der Waals surface area contributed by atoms with Crippen LogP contribution < -0.4 is 0 Å². The van der Waals surface area contributed by atoms with Gasteiger partial charge >= 0.3 is 0 Å². The van der Waals surface area contributed by atoms with E-state index in [1.165, 1.54) is 19.3 Å².